The van der Waals surface area contributed by atoms with E-state index in [1.54, 1.807) is 0 Å². The quantitative estimate of drug-likeness (QED) is 0.674. The van der Waals surface area contributed by atoms with E-state index in [0.717, 1.165) is 51.6 Å². The number of hydrogen-bond donors (Lipinski definition) is 3. The average Bonchev–Trinajstić information content (AvgIpc) is 2.72. The van der Waals surface area contributed by atoms with Crippen LogP contribution in [0.2, 0.25) is 0 Å². The molecule has 3 N–H and O–H groups in total. The first-order chi connectivity index (χ1) is 13.9. The van der Waals surface area contributed by atoms with E-state index in [4.69, 9.17) is 0 Å². The second kappa shape index (κ2) is 8.93. The lowest BCUT2D eigenvalue weighted by Crippen LogP contribution is -2.60. The van der Waals surface area contributed by atoms with E-state index in [1.807, 2.05) is 7.05 Å². The van der Waals surface area contributed by atoms with Gasteiger partial charge in [0.05, 0.1) is 6.17 Å². The molecule has 4 rings (SSSR count). The van der Waals surface area contributed by atoms with Crippen molar-refractivity contribution in [1.82, 2.24) is 20.9 Å². The average molecular weight is 405 g/mol. The molecule has 3 saturated heterocycles. The number of carbonyl (C=O) groups excluding carboxylic acids is 2. The summed E-state index contributed by atoms with van der Waals surface area (Å²) < 4.78 is 0. The number of likely N-dealkylation sites (tertiary alicyclic amines) is 1. The van der Waals surface area contributed by atoms with Crippen LogP contribution in [0, 0.1) is 29.6 Å². The molecule has 8 atom stereocenters. The molecule has 0 aromatic rings. The van der Waals surface area contributed by atoms with Gasteiger partial charge in [-0.25, -0.2) is 0 Å². The minimum absolute atomic E-state index is 0.0558. The van der Waals surface area contributed by atoms with Gasteiger partial charge in [-0.05, 0) is 82.6 Å². The molecule has 1 saturated carbocycles. The minimum Gasteiger partial charge on any atom is -0.342 e. The summed E-state index contributed by atoms with van der Waals surface area (Å²) in [5.74, 6) is 2.05. The number of hydrogen-bond acceptors (Lipinski definition) is 4. The molecule has 164 valence electrons. The van der Waals surface area contributed by atoms with Crippen molar-refractivity contribution in [3.63, 3.8) is 0 Å². The first-order valence-electron chi connectivity index (χ1n) is 12.0. The van der Waals surface area contributed by atoms with E-state index in [1.165, 1.54) is 12.8 Å². The van der Waals surface area contributed by atoms with Crippen LogP contribution in [0.5, 0.6) is 0 Å². The predicted octanol–water partition coefficient (Wildman–Crippen LogP) is 2.10. The molecule has 3 aliphatic heterocycles. The zero-order valence-corrected chi connectivity index (χ0v) is 18.5. The highest BCUT2D eigenvalue weighted by Gasteiger charge is 2.47. The smallest absolute Gasteiger partial charge is 0.225 e. The summed E-state index contributed by atoms with van der Waals surface area (Å²) in [5.41, 5.74) is 0. The van der Waals surface area contributed by atoms with Crippen molar-refractivity contribution < 1.29 is 9.59 Å². The van der Waals surface area contributed by atoms with Crippen LogP contribution in [-0.2, 0) is 9.59 Å². The molecule has 0 aromatic carbocycles. The Hall–Kier alpha value is -1.14. The third-order valence-corrected chi connectivity index (χ3v) is 8.36. The van der Waals surface area contributed by atoms with Crippen LogP contribution in [0.25, 0.3) is 0 Å². The number of carbonyl (C=O) groups is 2. The molecule has 0 spiro atoms. The third-order valence-electron chi connectivity index (χ3n) is 8.36. The van der Waals surface area contributed by atoms with E-state index in [9.17, 15) is 9.59 Å². The van der Waals surface area contributed by atoms with Gasteiger partial charge in [-0.1, -0.05) is 6.92 Å². The fraction of sp³-hybridized carbons (Fsp3) is 0.913. The van der Waals surface area contributed by atoms with Gasteiger partial charge in [0, 0.05) is 37.5 Å². The van der Waals surface area contributed by atoms with E-state index < -0.39 is 0 Å². The van der Waals surface area contributed by atoms with Crippen molar-refractivity contribution in [2.75, 3.05) is 20.1 Å². The maximum absolute atomic E-state index is 13.3. The van der Waals surface area contributed by atoms with Crippen LogP contribution in [-0.4, -0.2) is 55.1 Å². The summed E-state index contributed by atoms with van der Waals surface area (Å²) in [6.45, 7) is 6.52. The van der Waals surface area contributed by atoms with Gasteiger partial charge in [-0.3, -0.25) is 14.9 Å². The number of piperidine rings is 3. The van der Waals surface area contributed by atoms with E-state index in [-0.39, 0.29) is 23.9 Å². The monoisotopic (exact) mass is 404 g/mol. The number of rotatable bonds is 3. The Morgan fingerprint density at radius 3 is 2.66 bits per heavy atom. The molecule has 29 heavy (non-hydrogen) atoms. The van der Waals surface area contributed by atoms with E-state index in [0.29, 0.717) is 35.7 Å². The molecule has 0 radical (unpaired) electrons. The molecule has 4 fully saturated rings. The van der Waals surface area contributed by atoms with Crippen molar-refractivity contribution in [3.8, 4) is 0 Å². The SMILES string of the molecule is CC1CC2C(CN1)CC(C1CC(C(=O)NC3CCCCN3)CCC1C)C(=O)N2C. The summed E-state index contributed by atoms with van der Waals surface area (Å²) in [5, 5.41) is 10.3. The minimum atomic E-state index is 0.0558. The third kappa shape index (κ3) is 4.48. The van der Waals surface area contributed by atoms with Crippen molar-refractivity contribution in [3.05, 3.63) is 0 Å². The van der Waals surface area contributed by atoms with Crippen molar-refractivity contribution in [1.29, 1.82) is 0 Å². The topological polar surface area (TPSA) is 73.5 Å². The molecule has 3 heterocycles. The van der Waals surface area contributed by atoms with Crippen LogP contribution < -0.4 is 16.0 Å². The fourth-order valence-corrected chi connectivity index (χ4v) is 6.47. The molecule has 1 aliphatic carbocycles. The summed E-state index contributed by atoms with van der Waals surface area (Å²) in [6, 6.07) is 0.864. The van der Waals surface area contributed by atoms with Gasteiger partial charge in [0.1, 0.15) is 0 Å². The van der Waals surface area contributed by atoms with Crippen molar-refractivity contribution in [2.24, 2.45) is 29.6 Å². The van der Waals surface area contributed by atoms with Gasteiger partial charge in [-0.15, -0.1) is 0 Å². The molecule has 0 aromatic heterocycles. The second-order valence-corrected chi connectivity index (χ2v) is 10.3. The fourth-order valence-electron chi connectivity index (χ4n) is 6.47. The Morgan fingerprint density at radius 1 is 1.07 bits per heavy atom. The maximum Gasteiger partial charge on any atom is 0.225 e. The lowest BCUT2D eigenvalue weighted by molar-refractivity contribution is -0.149. The highest BCUT2D eigenvalue weighted by atomic mass is 16.2. The first kappa shape index (κ1) is 21.1. The summed E-state index contributed by atoms with van der Waals surface area (Å²) in [6.07, 6.45) is 8.45. The zero-order valence-electron chi connectivity index (χ0n) is 18.5. The Balaban J connectivity index is 1.41. The normalized spacial score (nSPS) is 43.6. The molecule has 4 aliphatic rings. The highest BCUT2D eigenvalue weighted by Crippen LogP contribution is 2.44. The van der Waals surface area contributed by atoms with Crippen LogP contribution in [0.3, 0.4) is 0 Å². The molecular formula is C23H40N4O2. The van der Waals surface area contributed by atoms with E-state index in [2.05, 4.69) is 34.7 Å². The van der Waals surface area contributed by atoms with Gasteiger partial charge < -0.3 is 15.5 Å². The number of fused-ring (bicyclic) bond motifs is 1. The largest absolute Gasteiger partial charge is 0.342 e. The van der Waals surface area contributed by atoms with Crippen LogP contribution >= 0.6 is 0 Å². The van der Waals surface area contributed by atoms with Crippen LogP contribution in [0.4, 0.5) is 0 Å². The second-order valence-electron chi connectivity index (χ2n) is 10.3. The Kier molecular flexibility index (Phi) is 6.50. The molecule has 2 amide bonds. The highest BCUT2D eigenvalue weighted by molar-refractivity contribution is 5.81. The Bertz CT molecular complexity index is 606. The summed E-state index contributed by atoms with van der Waals surface area (Å²) >= 11 is 0. The van der Waals surface area contributed by atoms with Gasteiger partial charge in [-0.2, -0.15) is 0 Å². The molecule has 6 nitrogen and oxygen atoms in total. The van der Waals surface area contributed by atoms with Gasteiger partial charge in [0.15, 0.2) is 0 Å². The van der Waals surface area contributed by atoms with Crippen LogP contribution in [0.1, 0.15) is 65.2 Å². The number of amides is 2. The Morgan fingerprint density at radius 2 is 1.90 bits per heavy atom. The van der Waals surface area contributed by atoms with Crippen molar-refractivity contribution in [2.45, 2.75) is 83.5 Å². The molecule has 0 bridgehead atoms. The maximum atomic E-state index is 13.3. The van der Waals surface area contributed by atoms with Gasteiger partial charge >= 0.3 is 0 Å². The predicted molar refractivity (Wildman–Crippen MR) is 114 cm³/mol. The molecule has 8 unspecified atom stereocenters. The van der Waals surface area contributed by atoms with Gasteiger partial charge in [0.25, 0.3) is 0 Å². The zero-order chi connectivity index (χ0) is 20.5. The molecular weight excluding hydrogens is 364 g/mol. The number of nitrogens with one attached hydrogen (secondary N) is 3. The standard InChI is InChI=1S/C23H40N4O2/c1-14-7-8-16(22(28)26-21-6-4-5-9-24-21)11-18(14)19-12-17-13-25-15(2)10-20(17)27(3)23(19)29/h14-21,24-25H,4-13H2,1-3H3,(H,26,28). The van der Waals surface area contributed by atoms with Gasteiger partial charge in [0.2, 0.25) is 11.8 Å². The van der Waals surface area contributed by atoms with E-state index >= 15 is 0 Å². The lowest BCUT2D eigenvalue weighted by Gasteiger charge is -2.50. The summed E-state index contributed by atoms with van der Waals surface area (Å²) in [7, 11) is 2.01. The van der Waals surface area contributed by atoms with Crippen molar-refractivity contribution >= 4 is 11.8 Å². The lowest BCUT2D eigenvalue weighted by atomic mass is 9.64. The summed E-state index contributed by atoms with van der Waals surface area (Å²) in [4.78, 5) is 28.3. The Labute approximate surface area is 175 Å². The van der Waals surface area contributed by atoms with Crippen LogP contribution in [0.15, 0.2) is 0 Å². The number of nitrogens with zero attached hydrogens (tertiary/aromatic N) is 1. The molecule has 6 heteroatoms. The first-order valence-corrected chi connectivity index (χ1v) is 12.0.